The van der Waals surface area contributed by atoms with Gasteiger partial charge in [-0.05, 0) is 54.1 Å². The third kappa shape index (κ3) is 10.1. The molecule has 0 saturated carbocycles. The predicted octanol–water partition coefficient (Wildman–Crippen LogP) is 3.66. The molecule has 1 aliphatic rings. The third-order valence-corrected chi connectivity index (χ3v) is 9.23. The van der Waals surface area contributed by atoms with E-state index in [4.69, 9.17) is 14.2 Å². The number of carbonyl (C=O) groups is 1. The van der Waals surface area contributed by atoms with Gasteiger partial charge in [-0.2, -0.15) is 17.5 Å². The van der Waals surface area contributed by atoms with Crippen LogP contribution in [0, 0.1) is 10.1 Å². The first-order chi connectivity index (χ1) is 23.3. The van der Waals surface area contributed by atoms with Gasteiger partial charge >= 0.3 is 6.18 Å². The molecule has 0 saturated heterocycles. The number of nitrogens with one attached hydrogen (secondary N) is 2. The molecular weight excluding hydrogens is 675 g/mol. The van der Waals surface area contributed by atoms with Gasteiger partial charge in [0, 0.05) is 44.6 Å². The van der Waals surface area contributed by atoms with Gasteiger partial charge in [-0.1, -0.05) is 12.1 Å². The second-order valence-electron chi connectivity index (χ2n) is 10.6. The van der Waals surface area contributed by atoms with Gasteiger partial charge in [0.25, 0.3) is 11.6 Å². The Morgan fingerprint density at radius 2 is 1.82 bits per heavy atom. The van der Waals surface area contributed by atoms with Crippen molar-refractivity contribution in [1.82, 2.24) is 14.6 Å². The Balaban J connectivity index is 1.43. The Kier molecular flexibility index (Phi) is 12.5. The summed E-state index contributed by atoms with van der Waals surface area (Å²) in [6, 6.07) is 12.9. The van der Waals surface area contributed by atoms with Crippen LogP contribution in [0.25, 0.3) is 0 Å². The number of amides is 1. The lowest BCUT2D eigenvalue weighted by Gasteiger charge is -2.30. The van der Waals surface area contributed by atoms with Gasteiger partial charge in [-0.25, -0.2) is 13.4 Å². The maximum atomic E-state index is 13.2. The average Bonchev–Trinajstić information content (AvgIpc) is 3.09. The van der Waals surface area contributed by atoms with E-state index in [0.717, 1.165) is 22.6 Å². The van der Waals surface area contributed by atoms with E-state index in [0.29, 0.717) is 17.1 Å². The molecule has 2 heterocycles. The molecule has 4 rings (SSSR count). The molecule has 49 heavy (non-hydrogen) atoms. The molecule has 0 spiro atoms. The van der Waals surface area contributed by atoms with Crippen LogP contribution in [0.15, 0.2) is 83.6 Å². The van der Waals surface area contributed by atoms with Gasteiger partial charge in [0.2, 0.25) is 16.3 Å². The van der Waals surface area contributed by atoms with Gasteiger partial charge < -0.3 is 30.0 Å². The molecule has 14 nitrogen and oxygen atoms in total. The Hall–Kier alpha value is -4.78. The van der Waals surface area contributed by atoms with E-state index >= 15 is 0 Å². The lowest BCUT2D eigenvalue weighted by Crippen LogP contribution is -2.38. The number of anilines is 1. The largest absolute Gasteiger partial charge is 0.497 e. The number of aromatic nitrogens is 1. The molecular formula is C31H34F3N5O9S. The van der Waals surface area contributed by atoms with E-state index in [1.807, 2.05) is 0 Å². The minimum absolute atomic E-state index is 0.0289. The van der Waals surface area contributed by atoms with E-state index in [2.05, 4.69) is 15.6 Å². The summed E-state index contributed by atoms with van der Waals surface area (Å²) in [5, 5.41) is 25.9. The number of pyridine rings is 1. The number of rotatable bonds is 16. The summed E-state index contributed by atoms with van der Waals surface area (Å²) < 4.78 is 83.8. The van der Waals surface area contributed by atoms with Crippen molar-refractivity contribution in [3.8, 4) is 5.75 Å². The summed E-state index contributed by atoms with van der Waals surface area (Å²) in [4.78, 5) is 27.2. The number of sulfonamides is 1. The number of nitro groups is 1. The highest BCUT2D eigenvalue weighted by molar-refractivity contribution is 7.89. The fourth-order valence-electron chi connectivity index (χ4n) is 4.77. The summed E-state index contributed by atoms with van der Waals surface area (Å²) in [6.07, 6.45) is -2.97. The van der Waals surface area contributed by atoms with Crippen molar-refractivity contribution < 1.29 is 50.6 Å². The molecule has 1 amide bonds. The summed E-state index contributed by atoms with van der Waals surface area (Å²) in [7, 11) is -2.59. The van der Waals surface area contributed by atoms with Crippen LogP contribution in [0.2, 0.25) is 0 Å². The molecule has 1 aliphatic heterocycles. The van der Waals surface area contributed by atoms with Crippen LogP contribution in [0.1, 0.15) is 23.5 Å². The molecule has 3 aromatic rings. The smallest absolute Gasteiger partial charge is 0.416 e. The molecule has 0 aliphatic carbocycles. The molecule has 2 atom stereocenters. The number of nitrogens with zero attached hydrogens (tertiary/aromatic N) is 3. The van der Waals surface area contributed by atoms with Crippen LogP contribution in [-0.2, 0) is 30.5 Å². The van der Waals surface area contributed by atoms with Crippen LogP contribution in [0.5, 0.6) is 5.75 Å². The van der Waals surface area contributed by atoms with E-state index in [1.54, 1.807) is 0 Å². The average molecular weight is 710 g/mol. The standard InChI is InChI=1S/C31H34F3N5O9S/c1-46-25-7-9-26(10-8-25)49(44,45)38(14-16-40)15-17-47-29-19-22(21-2-4-23(5-3-21)31(32,33)34)18-27(48-29)30(41)36-13-12-35-28-11-6-24(20-37-28)39(42)43/h2-11,18,20,22,29,40H,12-17,19H2,1H3,(H,35,37)(H,36,41)/t22-,29+/m1/s1. The number of benzene rings is 2. The van der Waals surface area contributed by atoms with Gasteiger partial charge in [-0.15, -0.1) is 0 Å². The third-order valence-electron chi connectivity index (χ3n) is 7.31. The van der Waals surface area contributed by atoms with E-state index in [9.17, 15) is 41.6 Å². The van der Waals surface area contributed by atoms with Crippen molar-refractivity contribution in [3.63, 3.8) is 0 Å². The predicted molar refractivity (Wildman–Crippen MR) is 169 cm³/mol. The number of ether oxygens (including phenoxy) is 3. The molecule has 0 fully saturated rings. The Morgan fingerprint density at radius 1 is 1.10 bits per heavy atom. The van der Waals surface area contributed by atoms with E-state index < -0.39 is 51.4 Å². The number of halogens is 3. The second kappa shape index (κ2) is 16.6. The van der Waals surface area contributed by atoms with Gasteiger partial charge in [0.05, 0.1) is 35.7 Å². The number of alkyl halides is 3. The molecule has 264 valence electrons. The lowest BCUT2D eigenvalue weighted by molar-refractivity contribution is -0.385. The monoisotopic (exact) mass is 709 g/mol. The van der Waals surface area contributed by atoms with Gasteiger partial charge in [-0.3, -0.25) is 14.9 Å². The molecule has 0 unspecified atom stereocenters. The summed E-state index contributed by atoms with van der Waals surface area (Å²) in [5.41, 5.74) is -0.556. The van der Waals surface area contributed by atoms with Crippen LogP contribution >= 0.6 is 0 Å². The minimum atomic E-state index is -4.54. The summed E-state index contributed by atoms with van der Waals surface area (Å²) >= 11 is 0. The number of allylic oxidation sites excluding steroid dienone is 1. The highest BCUT2D eigenvalue weighted by Crippen LogP contribution is 2.34. The SMILES string of the molecule is COc1ccc(S(=O)(=O)N(CCO)CCO[C@@H]2C[C@H](c3ccc(C(F)(F)F)cc3)C=C(C(=O)NCCNc3ccc([N+](=O)[O-])cn3)O2)cc1. The van der Waals surface area contributed by atoms with Crippen molar-refractivity contribution in [1.29, 1.82) is 0 Å². The first kappa shape index (κ1) is 37.0. The van der Waals surface area contributed by atoms with Crippen LogP contribution in [-0.4, -0.2) is 86.4 Å². The first-order valence-corrected chi connectivity index (χ1v) is 16.3. The molecule has 1 aromatic heterocycles. The Bertz CT molecular complexity index is 1710. The maximum Gasteiger partial charge on any atom is 0.416 e. The highest BCUT2D eigenvalue weighted by Gasteiger charge is 2.32. The van der Waals surface area contributed by atoms with Crippen molar-refractivity contribution >= 4 is 27.4 Å². The number of hydrogen-bond donors (Lipinski definition) is 3. The van der Waals surface area contributed by atoms with E-state index in [1.165, 1.54) is 61.7 Å². The second-order valence-corrected chi connectivity index (χ2v) is 12.5. The molecule has 2 aromatic carbocycles. The maximum absolute atomic E-state index is 13.2. The zero-order valence-corrected chi connectivity index (χ0v) is 26.9. The number of aliphatic hydroxyl groups is 1. The lowest BCUT2D eigenvalue weighted by atomic mass is 9.92. The quantitative estimate of drug-likeness (QED) is 0.112. The fraction of sp³-hybridized carbons (Fsp3) is 0.355. The molecule has 0 radical (unpaired) electrons. The summed E-state index contributed by atoms with van der Waals surface area (Å²) in [5.74, 6) is -0.604. The van der Waals surface area contributed by atoms with Crippen LogP contribution in [0.4, 0.5) is 24.7 Å². The van der Waals surface area contributed by atoms with Crippen molar-refractivity contribution in [3.05, 3.63) is 99.9 Å². The Morgan fingerprint density at radius 3 is 2.41 bits per heavy atom. The number of methoxy groups -OCH3 is 1. The van der Waals surface area contributed by atoms with Crippen LogP contribution in [0.3, 0.4) is 0 Å². The van der Waals surface area contributed by atoms with Gasteiger partial charge in [0.1, 0.15) is 17.8 Å². The fourth-order valence-corrected chi connectivity index (χ4v) is 6.18. The number of aliphatic hydroxyl groups excluding tert-OH is 1. The van der Waals surface area contributed by atoms with Crippen molar-refractivity contribution in [2.45, 2.75) is 29.7 Å². The zero-order valence-electron chi connectivity index (χ0n) is 26.1. The van der Waals surface area contributed by atoms with Crippen LogP contribution < -0.4 is 15.4 Å². The normalized spacial score (nSPS) is 16.4. The highest BCUT2D eigenvalue weighted by atomic mass is 32.2. The van der Waals surface area contributed by atoms with E-state index in [-0.39, 0.29) is 55.5 Å². The molecule has 3 N–H and O–H groups in total. The molecule has 18 heteroatoms. The number of carbonyl (C=O) groups excluding carboxylic acids is 1. The van der Waals surface area contributed by atoms with Crippen molar-refractivity contribution in [2.24, 2.45) is 0 Å². The Labute approximate surface area is 279 Å². The molecule has 0 bridgehead atoms. The van der Waals surface area contributed by atoms with Crippen molar-refractivity contribution in [2.75, 3.05) is 51.8 Å². The first-order valence-electron chi connectivity index (χ1n) is 14.9. The number of hydrogen-bond acceptors (Lipinski definition) is 11. The summed E-state index contributed by atoms with van der Waals surface area (Å²) in [6.45, 7) is -0.820. The van der Waals surface area contributed by atoms with Gasteiger partial charge in [0.15, 0.2) is 5.76 Å². The topological polar surface area (TPSA) is 182 Å². The zero-order chi connectivity index (χ0) is 35.6. The minimum Gasteiger partial charge on any atom is -0.497 e.